The molecular weight excluding hydrogens is 575 g/mol. The zero-order chi connectivity index (χ0) is 31.4. The fraction of sp³-hybridized carbons (Fsp3) is 0.333. The van der Waals surface area contributed by atoms with Gasteiger partial charge >= 0.3 is 6.18 Å². The summed E-state index contributed by atoms with van der Waals surface area (Å²) >= 11 is 0. The number of nitrogens with zero attached hydrogens (tertiary/aromatic N) is 2. The standard InChI is InChI=1S/C33H30F3N3O5/c1-31(30(37)41)17-43-29-23(31)16-26(39-28(29)18-5-7-21(8-6-18)33(34,35)36)32(2,42)12-11-24(40)20-14-19-4-3-13-38-27(19)25(15-20)44-22-9-10-22/h3-8,13-16,22,42H,9-12,17H2,1-2H3,(H2,37,41)/t31-,32+/m0/s1. The molecule has 11 heteroatoms. The summed E-state index contributed by atoms with van der Waals surface area (Å²) in [6, 6.07) is 12.9. The molecular formula is C33H30F3N3O5. The normalized spacial score (nSPS) is 19.2. The van der Waals surface area contributed by atoms with Crippen molar-refractivity contribution in [2.24, 2.45) is 5.73 Å². The van der Waals surface area contributed by atoms with E-state index in [2.05, 4.69) is 9.97 Å². The van der Waals surface area contributed by atoms with Crippen LogP contribution in [-0.2, 0) is 22.0 Å². The molecule has 2 aromatic carbocycles. The van der Waals surface area contributed by atoms with Crippen LogP contribution in [0.1, 0.15) is 66.7 Å². The number of alkyl halides is 3. The van der Waals surface area contributed by atoms with E-state index >= 15 is 0 Å². The molecule has 8 nitrogen and oxygen atoms in total. The van der Waals surface area contributed by atoms with E-state index in [0.717, 1.165) is 30.4 Å². The van der Waals surface area contributed by atoms with E-state index < -0.39 is 28.7 Å². The number of benzene rings is 2. The summed E-state index contributed by atoms with van der Waals surface area (Å²) in [7, 11) is 0. The molecule has 2 aromatic heterocycles. The Bertz CT molecular complexity index is 1780. The largest absolute Gasteiger partial charge is 0.489 e. The molecule has 2 aliphatic rings. The summed E-state index contributed by atoms with van der Waals surface area (Å²) in [5.41, 5.74) is 3.98. The Hall–Kier alpha value is -4.51. The van der Waals surface area contributed by atoms with Gasteiger partial charge in [-0.1, -0.05) is 18.2 Å². The number of primary amides is 1. The highest BCUT2D eigenvalue weighted by molar-refractivity contribution is 6.01. The van der Waals surface area contributed by atoms with Crippen LogP contribution < -0.4 is 15.2 Å². The second-order valence-corrected chi connectivity index (χ2v) is 11.9. The molecule has 0 unspecified atom stereocenters. The lowest BCUT2D eigenvalue weighted by Crippen LogP contribution is -2.40. The van der Waals surface area contributed by atoms with Gasteiger partial charge in [0.1, 0.15) is 40.3 Å². The van der Waals surface area contributed by atoms with Crippen LogP contribution in [0, 0.1) is 0 Å². The van der Waals surface area contributed by atoms with Crippen molar-refractivity contribution in [3.63, 3.8) is 0 Å². The second-order valence-electron chi connectivity index (χ2n) is 11.9. The van der Waals surface area contributed by atoms with Gasteiger partial charge in [0.25, 0.3) is 0 Å². The molecule has 0 bridgehead atoms. The second kappa shape index (κ2) is 10.6. The van der Waals surface area contributed by atoms with Gasteiger partial charge in [-0.2, -0.15) is 13.2 Å². The van der Waals surface area contributed by atoms with Gasteiger partial charge in [-0.05, 0) is 69.5 Å². The van der Waals surface area contributed by atoms with Crippen LogP contribution >= 0.6 is 0 Å². The molecule has 4 aromatic rings. The molecule has 3 heterocycles. The van der Waals surface area contributed by atoms with Crippen LogP contribution in [0.15, 0.2) is 60.8 Å². The minimum Gasteiger partial charge on any atom is -0.489 e. The minimum atomic E-state index is -4.53. The molecule has 1 aliphatic carbocycles. The van der Waals surface area contributed by atoms with E-state index in [9.17, 15) is 27.9 Å². The smallest absolute Gasteiger partial charge is 0.416 e. The van der Waals surface area contributed by atoms with Crippen LogP contribution in [0.2, 0.25) is 0 Å². The number of carbonyl (C=O) groups is 2. The Balaban J connectivity index is 1.33. The van der Waals surface area contributed by atoms with Gasteiger partial charge in [0, 0.05) is 34.7 Å². The van der Waals surface area contributed by atoms with Gasteiger partial charge in [-0.3, -0.25) is 14.6 Å². The molecule has 1 amide bonds. The molecule has 3 N–H and O–H groups in total. The van der Waals surface area contributed by atoms with Crippen LogP contribution in [0.4, 0.5) is 13.2 Å². The number of hydrogen-bond acceptors (Lipinski definition) is 7. The quantitative estimate of drug-likeness (QED) is 0.229. The van der Waals surface area contributed by atoms with Crippen molar-refractivity contribution in [3.8, 4) is 22.8 Å². The molecule has 228 valence electrons. The molecule has 1 saturated carbocycles. The molecule has 0 radical (unpaired) electrons. The Morgan fingerprint density at radius 3 is 2.52 bits per heavy atom. The minimum absolute atomic E-state index is 0.0396. The number of nitrogens with two attached hydrogens (primary N) is 1. The number of fused-ring (bicyclic) bond motifs is 2. The number of aromatic nitrogens is 2. The number of halogens is 3. The number of pyridine rings is 2. The predicted octanol–water partition coefficient (Wildman–Crippen LogP) is 5.86. The van der Waals surface area contributed by atoms with Gasteiger partial charge < -0.3 is 20.3 Å². The van der Waals surface area contributed by atoms with Crippen molar-refractivity contribution in [1.29, 1.82) is 0 Å². The monoisotopic (exact) mass is 605 g/mol. The zero-order valence-corrected chi connectivity index (χ0v) is 24.1. The van der Waals surface area contributed by atoms with Crippen LogP contribution in [-0.4, -0.2) is 39.5 Å². The third-order valence-corrected chi connectivity index (χ3v) is 8.30. The van der Waals surface area contributed by atoms with Crippen molar-refractivity contribution in [2.45, 2.75) is 62.8 Å². The lowest BCUT2D eigenvalue weighted by molar-refractivity contribution is -0.137. The average Bonchev–Trinajstić information content (AvgIpc) is 3.74. The fourth-order valence-corrected chi connectivity index (χ4v) is 5.28. The summed E-state index contributed by atoms with van der Waals surface area (Å²) in [5, 5.41) is 12.4. The van der Waals surface area contributed by atoms with Crippen molar-refractivity contribution < 1.29 is 37.3 Å². The Labute approximate surface area is 251 Å². The number of Topliss-reactive ketones (excluding diaryl/α,β-unsaturated/α-hetero) is 1. The fourth-order valence-electron chi connectivity index (χ4n) is 5.28. The van der Waals surface area contributed by atoms with E-state index in [1.54, 1.807) is 31.3 Å². The summed E-state index contributed by atoms with van der Waals surface area (Å²) in [6.45, 7) is 2.99. The molecule has 0 saturated heterocycles. The van der Waals surface area contributed by atoms with Gasteiger partial charge in [0.15, 0.2) is 5.78 Å². The van der Waals surface area contributed by atoms with Crippen molar-refractivity contribution in [3.05, 3.63) is 83.2 Å². The van der Waals surface area contributed by atoms with E-state index in [4.69, 9.17) is 15.2 Å². The number of carbonyl (C=O) groups excluding carboxylic acids is 2. The van der Waals surface area contributed by atoms with Crippen LogP contribution in [0.25, 0.3) is 22.2 Å². The Morgan fingerprint density at radius 1 is 1.14 bits per heavy atom. The van der Waals surface area contributed by atoms with Gasteiger partial charge in [-0.15, -0.1) is 0 Å². The summed E-state index contributed by atoms with van der Waals surface area (Å²) in [6.07, 6.45) is -0.973. The highest BCUT2D eigenvalue weighted by Gasteiger charge is 2.45. The van der Waals surface area contributed by atoms with E-state index in [0.29, 0.717) is 28.0 Å². The molecule has 0 spiro atoms. The molecule has 44 heavy (non-hydrogen) atoms. The predicted molar refractivity (Wildman–Crippen MR) is 155 cm³/mol. The van der Waals surface area contributed by atoms with E-state index in [1.807, 2.05) is 6.07 Å². The average molecular weight is 606 g/mol. The molecule has 2 atom stereocenters. The molecule has 1 fully saturated rings. The Morgan fingerprint density at radius 2 is 1.86 bits per heavy atom. The van der Waals surface area contributed by atoms with Crippen LogP contribution in [0.5, 0.6) is 11.5 Å². The highest BCUT2D eigenvalue weighted by atomic mass is 19.4. The number of rotatable bonds is 9. The van der Waals surface area contributed by atoms with E-state index in [-0.39, 0.29) is 48.5 Å². The van der Waals surface area contributed by atoms with E-state index in [1.165, 1.54) is 25.1 Å². The number of amides is 1. The lowest BCUT2D eigenvalue weighted by atomic mass is 9.81. The summed E-state index contributed by atoms with van der Waals surface area (Å²) in [5.74, 6) is -0.162. The first-order valence-corrected chi connectivity index (χ1v) is 14.2. The number of hydrogen-bond donors (Lipinski definition) is 2. The third-order valence-electron chi connectivity index (χ3n) is 8.30. The SMILES string of the molecule is C[C@@](O)(CCC(=O)c1cc(OC2CC2)c2ncccc2c1)c1cc2c(c(-c3ccc(C(F)(F)F)cc3)n1)OC[C@]2(C)C(N)=O. The molecule has 1 aliphatic heterocycles. The zero-order valence-electron chi connectivity index (χ0n) is 24.1. The first-order chi connectivity index (χ1) is 20.8. The number of ether oxygens (including phenoxy) is 2. The summed E-state index contributed by atoms with van der Waals surface area (Å²) in [4.78, 5) is 34.9. The van der Waals surface area contributed by atoms with Crippen molar-refractivity contribution in [2.75, 3.05) is 6.61 Å². The van der Waals surface area contributed by atoms with Crippen molar-refractivity contribution in [1.82, 2.24) is 9.97 Å². The van der Waals surface area contributed by atoms with Crippen molar-refractivity contribution >= 4 is 22.6 Å². The number of aliphatic hydroxyl groups is 1. The molecule has 6 rings (SSSR count). The first-order valence-electron chi connectivity index (χ1n) is 14.2. The van der Waals surface area contributed by atoms with Gasteiger partial charge in [0.2, 0.25) is 5.91 Å². The Kier molecular flexibility index (Phi) is 7.11. The summed E-state index contributed by atoms with van der Waals surface area (Å²) < 4.78 is 51.5. The first kappa shape index (κ1) is 29.6. The third kappa shape index (κ3) is 5.47. The maximum absolute atomic E-state index is 13.4. The number of ketones is 1. The maximum Gasteiger partial charge on any atom is 0.416 e. The van der Waals surface area contributed by atoms with Gasteiger partial charge in [0.05, 0.1) is 17.4 Å². The topological polar surface area (TPSA) is 125 Å². The highest BCUT2D eigenvalue weighted by Crippen LogP contribution is 2.46. The van der Waals surface area contributed by atoms with Crippen LogP contribution in [0.3, 0.4) is 0 Å². The maximum atomic E-state index is 13.4. The van der Waals surface area contributed by atoms with Gasteiger partial charge in [-0.25, -0.2) is 4.98 Å². The lowest BCUT2D eigenvalue weighted by Gasteiger charge is -2.26.